The summed E-state index contributed by atoms with van der Waals surface area (Å²) in [7, 11) is 0. The summed E-state index contributed by atoms with van der Waals surface area (Å²) in [6, 6.07) is 5.15. The summed E-state index contributed by atoms with van der Waals surface area (Å²) in [5.74, 6) is -0.201. The average molecular weight is 291 g/mol. The van der Waals surface area contributed by atoms with Gasteiger partial charge in [0.2, 0.25) is 0 Å². The standard InChI is InChI=1S/C18H26FNO/c1-14(21)15-5-6-17(16(19)13-15)20-11-9-18(10-12-20)7-3-2-4-8-18/h5-6,13-14,21H,2-4,7-12H2,1H3/t14-/m1/s1. The highest BCUT2D eigenvalue weighted by atomic mass is 19.1. The Labute approximate surface area is 127 Å². The van der Waals surface area contributed by atoms with Gasteiger partial charge < -0.3 is 10.0 Å². The van der Waals surface area contributed by atoms with Crippen LogP contribution >= 0.6 is 0 Å². The van der Waals surface area contributed by atoms with Crippen molar-refractivity contribution < 1.29 is 9.50 Å². The first-order valence-electron chi connectivity index (χ1n) is 8.32. The van der Waals surface area contributed by atoms with E-state index in [-0.39, 0.29) is 5.82 Å². The van der Waals surface area contributed by atoms with Gasteiger partial charge in [0.05, 0.1) is 11.8 Å². The van der Waals surface area contributed by atoms with Crippen molar-refractivity contribution >= 4 is 5.69 Å². The van der Waals surface area contributed by atoms with Crippen molar-refractivity contribution in [1.82, 2.24) is 0 Å². The lowest BCUT2D eigenvalue weighted by Crippen LogP contribution is -2.41. The van der Waals surface area contributed by atoms with Gasteiger partial charge in [-0.1, -0.05) is 25.3 Å². The summed E-state index contributed by atoms with van der Waals surface area (Å²) in [4.78, 5) is 2.18. The number of nitrogens with zero attached hydrogens (tertiary/aromatic N) is 1. The molecule has 0 aromatic heterocycles. The molecule has 2 nitrogen and oxygen atoms in total. The molecule has 3 rings (SSSR count). The zero-order chi connectivity index (χ0) is 14.9. The molecule has 21 heavy (non-hydrogen) atoms. The van der Waals surface area contributed by atoms with Crippen LogP contribution in [0.4, 0.5) is 10.1 Å². The van der Waals surface area contributed by atoms with Crippen LogP contribution in [0.25, 0.3) is 0 Å². The number of rotatable bonds is 2. The van der Waals surface area contributed by atoms with Crippen LogP contribution in [0.2, 0.25) is 0 Å². The number of piperidine rings is 1. The maximum atomic E-state index is 14.3. The number of aliphatic hydroxyl groups is 1. The zero-order valence-electron chi connectivity index (χ0n) is 12.9. The van der Waals surface area contributed by atoms with Crippen molar-refractivity contribution in [1.29, 1.82) is 0 Å². The van der Waals surface area contributed by atoms with Crippen LogP contribution in [-0.4, -0.2) is 18.2 Å². The second-order valence-electron chi connectivity index (χ2n) is 6.93. The summed E-state index contributed by atoms with van der Waals surface area (Å²) < 4.78 is 14.3. The van der Waals surface area contributed by atoms with Crippen molar-refractivity contribution in [2.75, 3.05) is 18.0 Å². The molecule has 0 radical (unpaired) electrons. The van der Waals surface area contributed by atoms with Crippen LogP contribution in [0.15, 0.2) is 18.2 Å². The minimum atomic E-state index is -0.611. The maximum absolute atomic E-state index is 14.3. The molecular weight excluding hydrogens is 265 g/mol. The van der Waals surface area contributed by atoms with Crippen molar-refractivity contribution in [3.63, 3.8) is 0 Å². The second-order valence-corrected chi connectivity index (χ2v) is 6.93. The van der Waals surface area contributed by atoms with Gasteiger partial charge in [-0.25, -0.2) is 4.39 Å². The number of halogens is 1. The molecule has 1 aromatic rings. The Bertz CT molecular complexity index is 484. The van der Waals surface area contributed by atoms with E-state index in [0.29, 0.717) is 16.7 Å². The minimum Gasteiger partial charge on any atom is -0.389 e. The Balaban J connectivity index is 1.69. The van der Waals surface area contributed by atoms with Crippen LogP contribution in [-0.2, 0) is 0 Å². The molecule has 2 fully saturated rings. The third kappa shape index (κ3) is 3.08. The van der Waals surface area contributed by atoms with E-state index in [9.17, 15) is 9.50 Å². The fourth-order valence-corrected chi connectivity index (χ4v) is 4.06. The molecule has 1 N–H and O–H groups in total. The lowest BCUT2D eigenvalue weighted by Gasteiger charge is -2.45. The highest BCUT2D eigenvalue weighted by Crippen LogP contribution is 2.45. The van der Waals surface area contributed by atoms with E-state index in [1.165, 1.54) is 51.0 Å². The van der Waals surface area contributed by atoms with Gasteiger partial charge in [-0.15, -0.1) is 0 Å². The van der Waals surface area contributed by atoms with Crippen molar-refractivity contribution in [3.05, 3.63) is 29.6 Å². The fraction of sp³-hybridized carbons (Fsp3) is 0.667. The largest absolute Gasteiger partial charge is 0.389 e. The molecular formula is C18H26FNO. The fourth-order valence-electron chi connectivity index (χ4n) is 4.06. The summed E-state index contributed by atoms with van der Waals surface area (Å²) in [5.41, 5.74) is 1.90. The molecule has 1 aliphatic heterocycles. The lowest BCUT2D eigenvalue weighted by molar-refractivity contribution is 0.144. The molecule has 1 heterocycles. The van der Waals surface area contributed by atoms with Crippen LogP contribution in [0.1, 0.15) is 63.5 Å². The van der Waals surface area contributed by atoms with Crippen LogP contribution in [0, 0.1) is 11.2 Å². The minimum absolute atomic E-state index is 0.201. The summed E-state index contributed by atoms with van der Waals surface area (Å²) >= 11 is 0. The van der Waals surface area contributed by atoms with Gasteiger partial charge in [-0.05, 0) is 55.7 Å². The van der Waals surface area contributed by atoms with Crippen molar-refractivity contribution in [2.24, 2.45) is 5.41 Å². The highest BCUT2D eigenvalue weighted by Gasteiger charge is 2.35. The molecule has 1 spiro atoms. The SMILES string of the molecule is C[C@@H](O)c1ccc(N2CCC3(CCCCC3)CC2)c(F)c1. The number of anilines is 1. The predicted molar refractivity (Wildman–Crippen MR) is 84.0 cm³/mol. The summed E-state index contributed by atoms with van der Waals surface area (Å²) in [6.45, 7) is 3.60. The summed E-state index contributed by atoms with van der Waals surface area (Å²) in [5, 5.41) is 9.54. The molecule has 1 aromatic carbocycles. The van der Waals surface area contributed by atoms with E-state index in [2.05, 4.69) is 4.90 Å². The average Bonchev–Trinajstić information content (AvgIpc) is 2.49. The molecule has 3 heteroatoms. The highest BCUT2D eigenvalue weighted by molar-refractivity contribution is 5.50. The molecule has 2 aliphatic rings. The first-order valence-corrected chi connectivity index (χ1v) is 8.32. The second kappa shape index (κ2) is 5.96. The number of hydrogen-bond donors (Lipinski definition) is 1. The molecule has 0 unspecified atom stereocenters. The molecule has 0 bridgehead atoms. The molecule has 116 valence electrons. The lowest BCUT2D eigenvalue weighted by atomic mass is 9.68. The predicted octanol–water partition coefficient (Wildman–Crippen LogP) is 4.43. The zero-order valence-corrected chi connectivity index (χ0v) is 12.9. The van der Waals surface area contributed by atoms with Crippen molar-refractivity contribution in [2.45, 2.75) is 58.0 Å². The quantitative estimate of drug-likeness (QED) is 0.871. The molecule has 1 saturated carbocycles. The molecule has 1 atom stereocenters. The normalized spacial score (nSPS) is 23.3. The van der Waals surface area contributed by atoms with Gasteiger partial charge in [0.15, 0.2) is 0 Å². The third-order valence-electron chi connectivity index (χ3n) is 5.53. The smallest absolute Gasteiger partial charge is 0.146 e. The van der Waals surface area contributed by atoms with Gasteiger partial charge in [-0.3, -0.25) is 0 Å². The molecule has 0 amide bonds. The topological polar surface area (TPSA) is 23.5 Å². The first kappa shape index (κ1) is 14.8. The van der Waals surface area contributed by atoms with E-state index < -0.39 is 6.10 Å². The molecule has 1 aliphatic carbocycles. The third-order valence-corrected chi connectivity index (χ3v) is 5.53. The monoisotopic (exact) mass is 291 g/mol. The van der Waals surface area contributed by atoms with Crippen LogP contribution in [0.5, 0.6) is 0 Å². The number of benzene rings is 1. The van der Waals surface area contributed by atoms with Crippen LogP contribution < -0.4 is 4.90 Å². The van der Waals surface area contributed by atoms with Crippen molar-refractivity contribution in [3.8, 4) is 0 Å². The van der Waals surface area contributed by atoms with E-state index >= 15 is 0 Å². The first-order chi connectivity index (χ1) is 10.1. The van der Waals surface area contributed by atoms with Gasteiger partial charge in [0, 0.05) is 13.1 Å². The Morgan fingerprint density at radius 2 is 1.76 bits per heavy atom. The van der Waals surface area contributed by atoms with E-state index in [4.69, 9.17) is 0 Å². The van der Waals surface area contributed by atoms with Gasteiger partial charge in [0.25, 0.3) is 0 Å². The Hall–Kier alpha value is -1.09. The van der Waals surface area contributed by atoms with E-state index in [1.54, 1.807) is 6.92 Å². The molecule has 1 saturated heterocycles. The van der Waals surface area contributed by atoms with Gasteiger partial charge >= 0.3 is 0 Å². The van der Waals surface area contributed by atoms with E-state index in [0.717, 1.165) is 13.1 Å². The van der Waals surface area contributed by atoms with Gasteiger partial charge in [0.1, 0.15) is 5.82 Å². The van der Waals surface area contributed by atoms with Gasteiger partial charge in [-0.2, -0.15) is 0 Å². The maximum Gasteiger partial charge on any atom is 0.146 e. The van der Waals surface area contributed by atoms with Crippen LogP contribution in [0.3, 0.4) is 0 Å². The van der Waals surface area contributed by atoms with E-state index in [1.807, 2.05) is 12.1 Å². The number of aliphatic hydroxyl groups excluding tert-OH is 1. The Morgan fingerprint density at radius 1 is 1.10 bits per heavy atom. The summed E-state index contributed by atoms with van der Waals surface area (Å²) in [6.07, 6.45) is 8.65. The Kier molecular flexibility index (Phi) is 4.21. The Morgan fingerprint density at radius 3 is 2.33 bits per heavy atom. The number of hydrogen-bond acceptors (Lipinski definition) is 2.